The van der Waals surface area contributed by atoms with Crippen LogP contribution in [-0.2, 0) is 22.4 Å². The lowest BCUT2D eigenvalue weighted by molar-refractivity contribution is -0.0987. The van der Waals surface area contributed by atoms with E-state index in [0.29, 0.717) is 24.0 Å². The minimum Gasteiger partial charge on any atom is -0.388 e. The number of aryl methyl sites for hydroxylation is 3. The predicted octanol–water partition coefficient (Wildman–Crippen LogP) is 7.41. The van der Waals surface area contributed by atoms with E-state index in [1.165, 1.54) is 55.1 Å². The number of fused-ring (bicyclic) bond motifs is 2. The number of aromatic nitrogens is 2. The predicted molar refractivity (Wildman–Crippen MR) is 188 cm³/mol. The van der Waals surface area contributed by atoms with Gasteiger partial charge in [-0.05, 0) is 105 Å². The molecular formula is C37H49F2N5O3. The van der Waals surface area contributed by atoms with Crippen LogP contribution in [0.25, 0.3) is 22.0 Å². The molecule has 1 fully saturated rings. The molecule has 0 radical (unpaired) electrons. The Morgan fingerprint density at radius 3 is 2.30 bits per heavy atom. The molecule has 1 atom stereocenters. The average molecular weight is 650 g/mol. The minimum atomic E-state index is -0.592. The average Bonchev–Trinajstić information content (AvgIpc) is 3.48. The van der Waals surface area contributed by atoms with Crippen LogP contribution in [0.2, 0.25) is 0 Å². The minimum absolute atomic E-state index is 0.0298. The standard InChI is InChI=1S/C23H26F2N4.C11H14O.CH5N.2CH2O/c1-3-14-11-15(20-18(24)9-10-19(26-2)21(20)25)12-16-13-27-23(29-22(14)16)28-17-7-5-4-6-8-17;1-7-5-8(2)9-3-4-11(12)10(9)6-7;3*1-2/h9-13,17,26H,3-8H2,1-2H3,(H,27,28,29);5-6,11-12H,3-4H2,1-2H3;2H2,1H3;2*1H2. The number of hydrogen-bond donors (Lipinski definition) is 4. The molecule has 0 spiro atoms. The number of aliphatic hydroxyl groups excluding tert-OH is 1. The third-order valence-electron chi connectivity index (χ3n) is 8.41. The van der Waals surface area contributed by atoms with Crippen molar-refractivity contribution in [3.8, 4) is 11.1 Å². The van der Waals surface area contributed by atoms with Crippen LogP contribution in [0.1, 0.15) is 79.4 Å². The third-order valence-corrected chi connectivity index (χ3v) is 8.41. The van der Waals surface area contributed by atoms with Gasteiger partial charge in [0.05, 0.1) is 22.9 Å². The number of nitrogens with two attached hydrogens (primary N) is 1. The van der Waals surface area contributed by atoms with Crippen molar-refractivity contribution in [1.82, 2.24) is 9.97 Å². The van der Waals surface area contributed by atoms with Gasteiger partial charge in [-0.1, -0.05) is 43.9 Å². The first-order valence-corrected chi connectivity index (χ1v) is 15.9. The highest BCUT2D eigenvalue weighted by molar-refractivity contribution is 5.88. The molecule has 1 unspecified atom stereocenters. The first-order valence-electron chi connectivity index (χ1n) is 15.9. The lowest BCUT2D eigenvalue weighted by Gasteiger charge is -2.22. The van der Waals surface area contributed by atoms with Crippen LogP contribution in [0.5, 0.6) is 0 Å². The van der Waals surface area contributed by atoms with E-state index in [2.05, 4.69) is 47.3 Å². The summed E-state index contributed by atoms with van der Waals surface area (Å²) < 4.78 is 29.3. The van der Waals surface area contributed by atoms with Crippen LogP contribution in [-0.4, -0.2) is 48.8 Å². The number of nitrogens with one attached hydrogen (secondary N) is 2. The van der Waals surface area contributed by atoms with Crippen LogP contribution < -0.4 is 16.4 Å². The summed E-state index contributed by atoms with van der Waals surface area (Å²) in [6, 6.07) is 11.0. The Hall–Kier alpha value is -4.28. The van der Waals surface area contributed by atoms with Crippen molar-refractivity contribution in [3.05, 3.63) is 82.0 Å². The van der Waals surface area contributed by atoms with Gasteiger partial charge in [-0.2, -0.15) is 0 Å². The second kappa shape index (κ2) is 19.4. The Labute approximate surface area is 277 Å². The van der Waals surface area contributed by atoms with Crippen molar-refractivity contribution in [2.45, 2.75) is 84.3 Å². The number of aliphatic hydroxyl groups is 1. The molecule has 0 aliphatic heterocycles. The van der Waals surface area contributed by atoms with E-state index >= 15 is 0 Å². The molecule has 2 aliphatic carbocycles. The summed E-state index contributed by atoms with van der Waals surface area (Å²) >= 11 is 0. The van der Waals surface area contributed by atoms with Crippen LogP contribution >= 0.6 is 0 Å². The van der Waals surface area contributed by atoms with Gasteiger partial charge in [0, 0.05) is 24.7 Å². The summed E-state index contributed by atoms with van der Waals surface area (Å²) in [5.74, 6) is -0.550. The van der Waals surface area contributed by atoms with Gasteiger partial charge in [0.1, 0.15) is 19.4 Å². The first-order chi connectivity index (χ1) is 22.8. The lowest BCUT2D eigenvalue weighted by Crippen LogP contribution is -2.23. The van der Waals surface area contributed by atoms with E-state index in [-0.39, 0.29) is 17.4 Å². The van der Waals surface area contributed by atoms with E-state index < -0.39 is 11.6 Å². The summed E-state index contributed by atoms with van der Waals surface area (Å²) in [5, 5.41) is 16.6. The molecule has 1 saturated carbocycles. The van der Waals surface area contributed by atoms with E-state index in [0.717, 1.165) is 47.7 Å². The monoisotopic (exact) mass is 649 g/mol. The summed E-state index contributed by atoms with van der Waals surface area (Å²) in [6.45, 7) is 10.2. The summed E-state index contributed by atoms with van der Waals surface area (Å²) in [5.41, 5.74) is 12.1. The molecule has 4 aromatic rings. The number of carbonyl (C=O) groups excluding carboxylic acids is 2. The zero-order valence-corrected chi connectivity index (χ0v) is 28.3. The molecule has 2 aliphatic rings. The molecule has 0 bridgehead atoms. The first kappa shape index (κ1) is 38.9. The molecule has 6 rings (SSSR count). The van der Waals surface area contributed by atoms with Crippen molar-refractivity contribution < 1.29 is 23.5 Å². The van der Waals surface area contributed by atoms with Gasteiger partial charge in [-0.25, -0.2) is 18.7 Å². The number of rotatable bonds is 5. The molecule has 254 valence electrons. The van der Waals surface area contributed by atoms with Crippen LogP contribution in [0.4, 0.5) is 20.4 Å². The number of anilines is 2. The molecule has 0 saturated heterocycles. The van der Waals surface area contributed by atoms with Gasteiger partial charge >= 0.3 is 0 Å². The Morgan fingerprint density at radius 1 is 0.979 bits per heavy atom. The zero-order valence-electron chi connectivity index (χ0n) is 28.3. The van der Waals surface area contributed by atoms with Gasteiger partial charge < -0.3 is 31.1 Å². The Kier molecular flexibility index (Phi) is 16.1. The molecule has 0 amide bonds. The summed E-state index contributed by atoms with van der Waals surface area (Å²) in [4.78, 5) is 25.2. The largest absolute Gasteiger partial charge is 0.388 e. The van der Waals surface area contributed by atoms with Gasteiger partial charge in [-0.15, -0.1) is 0 Å². The van der Waals surface area contributed by atoms with E-state index in [9.17, 15) is 13.9 Å². The molecule has 1 heterocycles. The second-order valence-corrected chi connectivity index (χ2v) is 11.3. The van der Waals surface area contributed by atoms with Gasteiger partial charge in [-0.3, -0.25) is 0 Å². The fraction of sp³-hybridized carbons (Fsp3) is 0.405. The Bertz CT molecular complexity index is 1590. The second-order valence-electron chi connectivity index (χ2n) is 11.3. The number of hydrogen-bond acceptors (Lipinski definition) is 8. The molecule has 10 heteroatoms. The fourth-order valence-electron chi connectivity index (χ4n) is 6.25. The van der Waals surface area contributed by atoms with Crippen molar-refractivity contribution in [3.63, 3.8) is 0 Å². The van der Waals surface area contributed by atoms with Gasteiger partial charge in [0.2, 0.25) is 5.95 Å². The van der Waals surface area contributed by atoms with Crippen LogP contribution in [0.3, 0.4) is 0 Å². The van der Waals surface area contributed by atoms with Crippen molar-refractivity contribution in [1.29, 1.82) is 0 Å². The van der Waals surface area contributed by atoms with E-state index in [4.69, 9.17) is 14.6 Å². The smallest absolute Gasteiger partial charge is 0.223 e. The molecule has 8 nitrogen and oxygen atoms in total. The number of carbonyl (C=O) groups is 2. The van der Waals surface area contributed by atoms with E-state index in [1.54, 1.807) is 19.3 Å². The third kappa shape index (κ3) is 9.62. The normalized spacial score (nSPS) is 14.9. The zero-order chi connectivity index (χ0) is 35.1. The molecule has 47 heavy (non-hydrogen) atoms. The van der Waals surface area contributed by atoms with Gasteiger partial charge in [0.15, 0.2) is 5.82 Å². The van der Waals surface area contributed by atoms with Gasteiger partial charge in [0.25, 0.3) is 0 Å². The van der Waals surface area contributed by atoms with E-state index in [1.807, 2.05) is 26.6 Å². The maximum Gasteiger partial charge on any atom is 0.223 e. The highest BCUT2D eigenvalue weighted by atomic mass is 19.1. The number of halogens is 2. The summed E-state index contributed by atoms with van der Waals surface area (Å²) in [6.07, 6.45) is 10.2. The Balaban J connectivity index is 0.000000355. The highest BCUT2D eigenvalue weighted by Gasteiger charge is 2.22. The van der Waals surface area contributed by atoms with Crippen LogP contribution in [0.15, 0.2) is 42.6 Å². The van der Waals surface area contributed by atoms with Crippen molar-refractivity contribution >= 4 is 36.1 Å². The summed E-state index contributed by atoms with van der Waals surface area (Å²) in [7, 11) is 3.12. The number of benzene rings is 3. The molecular weight excluding hydrogens is 600 g/mol. The lowest BCUT2D eigenvalue weighted by atomic mass is 9.96. The quantitative estimate of drug-likeness (QED) is 0.176. The Morgan fingerprint density at radius 2 is 1.66 bits per heavy atom. The maximum atomic E-state index is 14.8. The van der Waals surface area contributed by atoms with Crippen LogP contribution in [0, 0.1) is 25.5 Å². The molecule has 1 aromatic heterocycles. The highest BCUT2D eigenvalue weighted by Crippen LogP contribution is 2.35. The molecule has 3 aromatic carbocycles. The topological polar surface area (TPSA) is 130 Å². The molecule has 5 N–H and O–H groups in total. The number of nitrogens with zero attached hydrogens (tertiary/aromatic N) is 2. The fourth-order valence-corrected chi connectivity index (χ4v) is 6.25. The van der Waals surface area contributed by atoms with Crippen molar-refractivity contribution in [2.24, 2.45) is 5.73 Å². The maximum absolute atomic E-state index is 14.8. The van der Waals surface area contributed by atoms with Crippen molar-refractivity contribution in [2.75, 3.05) is 24.7 Å². The SMILES string of the molecule is C=O.C=O.CCc1cc(-c2c(F)ccc(NC)c2F)cc2cnc(NC3CCCCC3)nc12.CN.Cc1cc(C)c2c(c1)C(O)CC2.